The fourth-order valence-electron chi connectivity index (χ4n) is 2.70. The first-order valence-corrected chi connectivity index (χ1v) is 10.1. The van der Waals surface area contributed by atoms with Crippen LogP contribution in [-0.4, -0.2) is 0 Å². The van der Waals surface area contributed by atoms with Crippen LogP contribution in [0.1, 0.15) is 111 Å². The van der Waals surface area contributed by atoms with E-state index in [0.717, 1.165) is 5.92 Å². The molecular weight excluding hydrogens is 264 g/mol. The van der Waals surface area contributed by atoms with Crippen LogP contribution in [0.4, 0.5) is 0 Å². The highest BCUT2D eigenvalue weighted by molar-refractivity contribution is 4.88. The molecule has 0 nitrogen and oxygen atoms in total. The molecule has 0 aliphatic heterocycles. The molecule has 0 heteroatoms. The molecule has 0 aromatic carbocycles. The fraction of sp³-hybridized carbons (Fsp3) is 0.818. The molecule has 0 aliphatic rings. The molecular formula is C22H42. The van der Waals surface area contributed by atoms with Crippen LogP contribution in [-0.2, 0) is 0 Å². The molecule has 0 aliphatic carbocycles. The maximum absolute atomic E-state index is 2.39. The van der Waals surface area contributed by atoms with E-state index in [2.05, 4.69) is 45.1 Å². The number of hydrogen-bond acceptors (Lipinski definition) is 0. The highest BCUT2D eigenvalue weighted by Gasteiger charge is 1.93. The Balaban J connectivity index is 3.17. The van der Waals surface area contributed by atoms with Crippen molar-refractivity contribution in [2.24, 2.45) is 5.92 Å². The summed E-state index contributed by atoms with van der Waals surface area (Å²) in [4.78, 5) is 0. The molecule has 22 heavy (non-hydrogen) atoms. The third-order valence-corrected chi connectivity index (χ3v) is 4.21. The van der Waals surface area contributed by atoms with E-state index in [-0.39, 0.29) is 0 Å². The minimum atomic E-state index is 0.879. The van der Waals surface area contributed by atoms with Crippen molar-refractivity contribution >= 4 is 0 Å². The lowest BCUT2D eigenvalue weighted by atomic mass is 10.0. The van der Waals surface area contributed by atoms with Gasteiger partial charge in [0, 0.05) is 0 Å². The molecule has 0 saturated heterocycles. The second-order valence-corrected chi connectivity index (χ2v) is 7.11. The fourth-order valence-corrected chi connectivity index (χ4v) is 2.70. The summed E-state index contributed by atoms with van der Waals surface area (Å²) in [6.07, 6.45) is 28.5. The van der Waals surface area contributed by atoms with Gasteiger partial charge in [0.2, 0.25) is 0 Å². The van der Waals surface area contributed by atoms with Crippen LogP contribution >= 0.6 is 0 Å². The first-order valence-electron chi connectivity index (χ1n) is 10.1. The standard InChI is InChI=1S/C22H42/c1-4-5-6-7-8-9-10-11-12-13-14-15-16-17-18-19-20-21-22(2)3/h10-11,14-15,22H,4-9,12-13,16-21H2,1-3H3. The number of hydrogen-bond donors (Lipinski definition) is 0. The molecule has 0 aromatic rings. The number of allylic oxidation sites excluding steroid dienone is 4. The molecule has 0 N–H and O–H groups in total. The number of unbranched alkanes of at least 4 members (excludes halogenated alkanes) is 10. The van der Waals surface area contributed by atoms with Gasteiger partial charge in [0.1, 0.15) is 0 Å². The molecule has 0 spiro atoms. The largest absolute Gasteiger partial charge is 0.0885 e. The topological polar surface area (TPSA) is 0 Å². The molecule has 0 amide bonds. The van der Waals surface area contributed by atoms with E-state index in [4.69, 9.17) is 0 Å². The second kappa shape index (κ2) is 18.5. The third kappa shape index (κ3) is 19.5. The number of rotatable bonds is 16. The summed E-state index contributed by atoms with van der Waals surface area (Å²) in [6.45, 7) is 6.92. The molecule has 130 valence electrons. The summed E-state index contributed by atoms with van der Waals surface area (Å²) in [5, 5.41) is 0. The molecule has 0 saturated carbocycles. The Labute approximate surface area is 141 Å². The van der Waals surface area contributed by atoms with Gasteiger partial charge in [-0.1, -0.05) is 96.4 Å². The maximum atomic E-state index is 2.39. The van der Waals surface area contributed by atoms with E-state index < -0.39 is 0 Å². The van der Waals surface area contributed by atoms with E-state index >= 15 is 0 Å². The van der Waals surface area contributed by atoms with Gasteiger partial charge in [0.05, 0.1) is 0 Å². The Bertz CT molecular complexity index is 247. The van der Waals surface area contributed by atoms with Crippen LogP contribution in [0.15, 0.2) is 24.3 Å². The van der Waals surface area contributed by atoms with Crippen molar-refractivity contribution in [2.45, 2.75) is 111 Å². The van der Waals surface area contributed by atoms with Crippen molar-refractivity contribution < 1.29 is 0 Å². The Morgan fingerprint density at radius 3 is 1.50 bits per heavy atom. The minimum absolute atomic E-state index is 0.879. The zero-order valence-electron chi connectivity index (χ0n) is 15.8. The van der Waals surface area contributed by atoms with Crippen molar-refractivity contribution in [1.82, 2.24) is 0 Å². The molecule has 0 atom stereocenters. The first kappa shape index (κ1) is 21.5. The van der Waals surface area contributed by atoms with Gasteiger partial charge in [-0.25, -0.2) is 0 Å². The zero-order valence-corrected chi connectivity index (χ0v) is 15.8. The Hall–Kier alpha value is -0.520. The van der Waals surface area contributed by atoms with E-state index in [9.17, 15) is 0 Å². The van der Waals surface area contributed by atoms with Crippen molar-refractivity contribution in [3.63, 3.8) is 0 Å². The highest BCUT2D eigenvalue weighted by atomic mass is 14.0. The monoisotopic (exact) mass is 306 g/mol. The van der Waals surface area contributed by atoms with Crippen molar-refractivity contribution in [2.75, 3.05) is 0 Å². The van der Waals surface area contributed by atoms with Crippen LogP contribution in [0.5, 0.6) is 0 Å². The third-order valence-electron chi connectivity index (χ3n) is 4.21. The van der Waals surface area contributed by atoms with E-state index in [1.807, 2.05) is 0 Å². The average Bonchev–Trinajstić information content (AvgIpc) is 2.50. The van der Waals surface area contributed by atoms with Crippen LogP contribution < -0.4 is 0 Å². The molecule has 0 heterocycles. The van der Waals surface area contributed by atoms with Gasteiger partial charge in [0.15, 0.2) is 0 Å². The predicted molar refractivity (Wildman–Crippen MR) is 103 cm³/mol. The van der Waals surface area contributed by atoms with Gasteiger partial charge >= 0.3 is 0 Å². The van der Waals surface area contributed by atoms with Crippen LogP contribution in [0.3, 0.4) is 0 Å². The van der Waals surface area contributed by atoms with E-state index in [0.29, 0.717) is 0 Å². The zero-order chi connectivity index (χ0) is 16.3. The van der Waals surface area contributed by atoms with Crippen LogP contribution in [0, 0.1) is 5.92 Å². The van der Waals surface area contributed by atoms with Gasteiger partial charge in [-0.15, -0.1) is 0 Å². The highest BCUT2D eigenvalue weighted by Crippen LogP contribution is 2.11. The van der Waals surface area contributed by atoms with Gasteiger partial charge < -0.3 is 0 Å². The normalized spacial score (nSPS) is 12.2. The summed E-state index contributed by atoms with van der Waals surface area (Å²) in [5.74, 6) is 0.879. The van der Waals surface area contributed by atoms with Gasteiger partial charge in [-0.2, -0.15) is 0 Å². The van der Waals surface area contributed by atoms with Crippen molar-refractivity contribution in [3.05, 3.63) is 24.3 Å². The molecule has 0 radical (unpaired) electrons. The molecule has 0 rings (SSSR count). The summed E-state index contributed by atoms with van der Waals surface area (Å²) in [7, 11) is 0. The molecule has 0 fully saturated rings. The Kier molecular flexibility index (Phi) is 18.1. The van der Waals surface area contributed by atoms with Gasteiger partial charge in [0.25, 0.3) is 0 Å². The van der Waals surface area contributed by atoms with Crippen molar-refractivity contribution in [1.29, 1.82) is 0 Å². The summed E-state index contributed by atoms with van der Waals surface area (Å²) >= 11 is 0. The van der Waals surface area contributed by atoms with E-state index in [1.165, 1.54) is 89.9 Å². The molecule has 0 bridgehead atoms. The van der Waals surface area contributed by atoms with Gasteiger partial charge in [-0.3, -0.25) is 0 Å². The first-order chi connectivity index (χ1) is 10.8. The lowest BCUT2D eigenvalue weighted by Crippen LogP contribution is -1.86. The quantitative estimate of drug-likeness (QED) is 0.199. The average molecular weight is 307 g/mol. The summed E-state index contributed by atoms with van der Waals surface area (Å²) < 4.78 is 0. The smallest absolute Gasteiger partial charge is 0.0316 e. The van der Waals surface area contributed by atoms with Crippen molar-refractivity contribution in [3.8, 4) is 0 Å². The Morgan fingerprint density at radius 1 is 0.545 bits per heavy atom. The lowest BCUT2D eigenvalue weighted by Gasteiger charge is -2.03. The van der Waals surface area contributed by atoms with Gasteiger partial charge in [-0.05, 0) is 44.4 Å². The lowest BCUT2D eigenvalue weighted by molar-refractivity contribution is 0.521. The SMILES string of the molecule is CCCCCCCC=CCCC=CCCCCCCC(C)C. The predicted octanol–water partition coefficient (Wildman–Crippen LogP) is 8.24. The summed E-state index contributed by atoms with van der Waals surface area (Å²) in [5.41, 5.74) is 0. The minimum Gasteiger partial charge on any atom is -0.0885 e. The van der Waals surface area contributed by atoms with E-state index in [1.54, 1.807) is 0 Å². The summed E-state index contributed by atoms with van der Waals surface area (Å²) in [6, 6.07) is 0. The van der Waals surface area contributed by atoms with Crippen LogP contribution in [0.2, 0.25) is 0 Å². The van der Waals surface area contributed by atoms with Crippen LogP contribution in [0.25, 0.3) is 0 Å². The molecule has 0 unspecified atom stereocenters. The Morgan fingerprint density at radius 2 is 1.00 bits per heavy atom. The molecule has 0 aromatic heterocycles. The second-order valence-electron chi connectivity index (χ2n) is 7.11. The maximum Gasteiger partial charge on any atom is -0.0316 e.